The number of rotatable bonds is 8. The van der Waals surface area contributed by atoms with E-state index in [0.717, 1.165) is 5.75 Å². The van der Waals surface area contributed by atoms with E-state index < -0.39 is 0 Å². The van der Waals surface area contributed by atoms with Crippen LogP contribution in [0.25, 0.3) is 0 Å². The Balaban J connectivity index is 2.15. The molecule has 1 rings (SSSR count). The largest absolute Gasteiger partial charge is 0.492 e. The van der Waals surface area contributed by atoms with Crippen LogP contribution in [0.5, 0.6) is 5.75 Å². The lowest BCUT2D eigenvalue weighted by molar-refractivity contribution is -0.121. The molecule has 0 saturated heterocycles. The fourth-order valence-corrected chi connectivity index (χ4v) is 1.74. The fraction of sp³-hybridized carbons (Fsp3) is 0.562. The highest BCUT2D eigenvalue weighted by atomic mass is 16.5. The van der Waals surface area contributed by atoms with Gasteiger partial charge in [0.05, 0.1) is 0 Å². The Morgan fingerprint density at radius 1 is 1.20 bits per heavy atom. The molecular weight excluding hydrogens is 252 g/mol. The summed E-state index contributed by atoms with van der Waals surface area (Å²) in [6.07, 6.45) is 0.493. The molecule has 112 valence electrons. The van der Waals surface area contributed by atoms with Crippen LogP contribution in [0.3, 0.4) is 0 Å². The zero-order chi connectivity index (χ0) is 15.0. The van der Waals surface area contributed by atoms with Crippen LogP contribution in [0, 0.1) is 6.92 Å². The zero-order valence-electron chi connectivity index (χ0n) is 12.9. The van der Waals surface area contributed by atoms with Crippen molar-refractivity contribution in [1.82, 2.24) is 10.6 Å². The molecule has 0 heterocycles. The van der Waals surface area contributed by atoms with E-state index in [0.29, 0.717) is 19.6 Å². The van der Waals surface area contributed by atoms with Crippen LogP contribution in [-0.2, 0) is 4.79 Å². The normalized spacial score (nSPS) is 12.2. The fourth-order valence-electron chi connectivity index (χ4n) is 1.74. The predicted octanol–water partition coefficient (Wildman–Crippen LogP) is 2.27. The zero-order valence-corrected chi connectivity index (χ0v) is 12.9. The monoisotopic (exact) mass is 278 g/mol. The summed E-state index contributed by atoms with van der Waals surface area (Å²) < 4.78 is 5.68. The van der Waals surface area contributed by atoms with Gasteiger partial charge in [0, 0.05) is 25.0 Å². The van der Waals surface area contributed by atoms with E-state index in [9.17, 15) is 4.79 Å². The van der Waals surface area contributed by atoms with Gasteiger partial charge in [-0.15, -0.1) is 0 Å². The first-order valence-electron chi connectivity index (χ1n) is 7.19. The van der Waals surface area contributed by atoms with Gasteiger partial charge in [-0.2, -0.15) is 0 Å². The van der Waals surface area contributed by atoms with Crippen molar-refractivity contribution in [3.63, 3.8) is 0 Å². The molecule has 1 aromatic rings. The average molecular weight is 278 g/mol. The van der Waals surface area contributed by atoms with Crippen molar-refractivity contribution in [3.05, 3.63) is 29.8 Å². The second-order valence-corrected chi connectivity index (χ2v) is 5.45. The molecule has 0 aromatic heterocycles. The maximum absolute atomic E-state index is 11.5. The molecular formula is C16H26N2O2. The van der Waals surface area contributed by atoms with Gasteiger partial charge in [-0.3, -0.25) is 4.79 Å². The van der Waals surface area contributed by atoms with Crippen molar-refractivity contribution >= 4 is 5.91 Å². The minimum atomic E-state index is 0.0825. The molecule has 0 aliphatic carbocycles. The lowest BCUT2D eigenvalue weighted by atomic mass is 10.2. The lowest BCUT2D eigenvalue weighted by Gasteiger charge is -2.15. The molecule has 1 aromatic carbocycles. The molecule has 2 N–H and O–H groups in total. The van der Waals surface area contributed by atoms with Crippen LogP contribution in [0.2, 0.25) is 0 Å². The second-order valence-electron chi connectivity index (χ2n) is 5.45. The Labute approximate surface area is 121 Å². The average Bonchev–Trinajstić information content (AvgIpc) is 2.37. The molecule has 0 fully saturated rings. The van der Waals surface area contributed by atoms with Gasteiger partial charge < -0.3 is 15.4 Å². The van der Waals surface area contributed by atoms with Crippen molar-refractivity contribution < 1.29 is 9.53 Å². The maximum Gasteiger partial charge on any atom is 0.221 e. The summed E-state index contributed by atoms with van der Waals surface area (Å²) in [5.41, 5.74) is 1.22. The number of amides is 1. The molecule has 1 amide bonds. The molecule has 0 radical (unpaired) electrons. The minimum Gasteiger partial charge on any atom is -0.492 e. The van der Waals surface area contributed by atoms with Gasteiger partial charge in [-0.05, 0) is 39.8 Å². The molecule has 4 nitrogen and oxygen atoms in total. The van der Waals surface area contributed by atoms with Crippen molar-refractivity contribution in [2.75, 3.05) is 13.2 Å². The van der Waals surface area contributed by atoms with Crippen molar-refractivity contribution in [2.45, 2.75) is 46.2 Å². The Morgan fingerprint density at radius 2 is 1.85 bits per heavy atom. The summed E-state index contributed by atoms with van der Waals surface area (Å²) in [6.45, 7) is 9.28. The van der Waals surface area contributed by atoms with E-state index in [4.69, 9.17) is 4.74 Å². The predicted molar refractivity (Wildman–Crippen MR) is 82.0 cm³/mol. The van der Waals surface area contributed by atoms with Crippen molar-refractivity contribution in [3.8, 4) is 5.75 Å². The van der Waals surface area contributed by atoms with Gasteiger partial charge in [0.15, 0.2) is 0 Å². The second kappa shape index (κ2) is 8.59. The third-order valence-electron chi connectivity index (χ3n) is 2.82. The molecule has 0 aliphatic heterocycles. The van der Waals surface area contributed by atoms with Gasteiger partial charge in [0.1, 0.15) is 12.4 Å². The Kier molecular flexibility index (Phi) is 7.09. The third-order valence-corrected chi connectivity index (χ3v) is 2.82. The van der Waals surface area contributed by atoms with Gasteiger partial charge in [-0.1, -0.05) is 17.7 Å². The number of benzene rings is 1. The topological polar surface area (TPSA) is 50.4 Å². The Bertz CT molecular complexity index is 401. The number of ether oxygens (including phenoxy) is 1. The van der Waals surface area contributed by atoms with Gasteiger partial charge in [0.25, 0.3) is 0 Å². The van der Waals surface area contributed by atoms with E-state index in [2.05, 4.69) is 24.5 Å². The molecule has 20 heavy (non-hydrogen) atoms. The summed E-state index contributed by atoms with van der Waals surface area (Å²) in [7, 11) is 0. The number of hydrogen-bond donors (Lipinski definition) is 2. The van der Waals surface area contributed by atoms with Crippen LogP contribution in [0.4, 0.5) is 0 Å². The Morgan fingerprint density at radius 3 is 2.45 bits per heavy atom. The van der Waals surface area contributed by atoms with Crippen LogP contribution in [0.1, 0.15) is 32.8 Å². The summed E-state index contributed by atoms with van der Waals surface area (Å²) in [5.74, 6) is 0.959. The van der Waals surface area contributed by atoms with E-state index in [-0.39, 0.29) is 18.0 Å². The SMILES string of the molecule is Cc1ccc(OCC(C)NCCC(=O)NC(C)C)cc1. The van der Waals surface area contributed by atoms with Gasteiger partial charge in [0.2, 0.25) is 5.91 Å². The molecule has 1 atom stereocenters. The van der Waals surface area contributed by atoms with E-state index in [1.165, 1.54) is 5.56 Å². The number of carbonyl (C=O) groups excluding carboxylic acids is 1. The Hall–Kier alpha value is -1.55. The summed E-state index contributed by atoms with van der Waals surface area (Å²) in [4.78, 5) is 11.5. The first-order valence-corrected chi connectivity index (χ1v) is 7.19. The standard InChI is InChI=1S/C16H26N2O2/c1-12(2)18-16(19)9-10-17-14(4)11-20-15-7-5-13(3)6-8-15/h5-8,12,14,17H,9-11H2,1-4H3,(H,18,19). The van der Waals surface area contributed by atoms with Gasteiger partial charge >= 0.3 is 0 Å². The van der Waals surface area contributed by atoms with Gasteiger partial charge in [-0.25, -0.2) is 0 Å². The summed E-state index contributed by atoms with van der Waals surface area (Å²) >= 11 is 0. The van der Waals surface area contributed by atoms with E-state index >= 15 is 0 Å². The molecule has 0 spiro atoms. The molecule has 0 saturated carbocycles. The molecule has 1 unspecified atom stereocenters. The quantitative estimate of drug-likeness (QED) is 0.767. The number of aryl methyl sites for hydroxylation is 1. The lowest BCUT2D eigenvalue weighted by Crippen LogP contribution is -2.36. The smallest absolute Gasteiger partial charge is 0.221 e. The van der Waals surface area contributed by atoms with Crippen LogP contribution in [-0.4, -0.2) is 31.1 Å². The summed E-state index contributed by atoms with van der Waals surface area (Å²) in [5, 5.41) is 6.15. The molecule has 0 bridgehead atoms. The number of hydrogen-bond acceptors (Lipinski definition) is 3. The first-order chi connectivity index (χ1) is 9.47. The van der Waals surface area contributed by atoms with E-state index in [1.807, 2.05) is 38.1 Å². The first kappa shape index (κ1) is 16.5. The molecule has 4 heteroatoms. The third kappa shape index (κ3) is 7.14. The van der Waals surface area contributed by atoms with E-state index in [1.54, 1.807) is 0 Å². The van der Waals surface area contributed by atoms with Crippen LogP contribution < -0.4 is 15.4 Å². The van der Waals surface area contributed by atoms with Crippen LogP contribution >= 0.6 is 0 Å². The van der Waals surface area contributed by atoms with Crippen molar-refractivity contribution in [2.24, 2.45) is 0 Å². The van der Waals surface area contributed by atoms with Crippen molar-refractivity contribution in [1.29, 1.82) is 0 Å². The number of carbonyl (C=O) groups is 1. The van der Waals surface area contributed by atoms with Crippen LogP contribution in [0.15, 0.2) is 24.3 Å². The highest BCUT2D eigenvalue weighted by molar-refractivity contribution is 5.76. The highest BCUT2D eigenvalue weighted by Gasteiger charge is 2.06. The molecule has 0 aliphatic rings. The maximum atomic E-state index is 11.5. The minimum absolute atomic E-state index is 0.0825. The number of nitrogens with one attached hydrogen (secondary N) is 2. The summed E-state index contributed by atoms with van der Waals surface area (Å²) in [6, 6.07) is 8.41. The highest BCUT2D eigenvalue weighted by Crippen LogP contribution is 2.11.